The van der Waals surface area contributed by atoms with Gasteiger partial charge in [0.25, 0.3) is 5.76 Å². The first-order valence-electron chi connectivity index (χ1n) is 5.40. The van der Waals surface area contributed by atoms with E-state index in [4.69, 9.17) is 9.52 Å². The second-order valence-electron chi connectivity index (χ2n) is 3.86. The monoisotopic (exact) mass is 265 g/mol. The summed E-state index contributed by atoms with van der Waals surface area (Å²) in [6.07, 6.45) is 0. The molecule has 1 aromatic rings. The van der Waals surface area contributed by atoms with Crippen LogP contribution in [-0.2, 0) is 12.3 Å². The van der Waals surface area contributed by atoms with Crippen molar-refractivity contribution in [1.82, 2.24) is 5.32 Å². The van der Waals surface area contributed by atoms with Gasteiger partial charge in [0, 0.05) is 13.2 Å². The maximum absolute atomic E-state index is 11.9. The molecule has 1 unspecified atom stereocenters. The van der Waals surface area contributed by atoms with Crippen molar-refractivity contribution >= 4 is 11.8 Å². The number of halogens is 2. The summed E-state index contributed by atoms with van der Waals surface area (Å²) in [6.45, 7) is 3.31. The molecule has 0 saturated carbocycles. The number of thioether (sulfide) groups is 1. The van der Waals surface area contributed by atoms with Crippen molar-refractivity contribution in [2.75, 3.05) is 13.2 Å². The Bertz CT molecular complexity index is 320. The highest BCUT2D eigenvalue weighted by Crippen LogP contribution is 2.21. The third-order valence-corrected chi connectivity index (χ3v) is 2.88. The number of aliphatic hydroxyl groups excluding tert-OH is 1. The summed E-state index contributed by atoms with van der Waals surface area (Å²) in [5, 5.41) is 11.9. The van der Waals surface area contributed by atoms with E-state index in [0.29, 0.717) is 30.6 Å². The molecule has 17 heavy (non-hydrogen) atoms. The van der Waals surface area contributed by atoms with Gasteiger partial charge in [-0.05, 0) is 18.1 Å². The van der Waals surface area contributed by atoms with E-state index in [-0.39, 0.29) is 18.3 Å². The molecular formula is C11H17F2NO2S. The normalized spacial score (nSPS) is 13.2. The number of furan rings is 1. The topological polar surface area (TPSA) is 45.4 Å². The molecule has 1 aromatic heterocycles. The van der Waals surface area contributed by atoms with Crippen molar-refractivity contribution < 1.29 is 18.3 Å². The van der Waals surface area contributed by atoms with Gasteiger partial charge in [-0.1, -0.05) is 18.7 Å². The first-order valence-corrected chi connectivity index (χ1v) is 6.45. The van der Waals surface area contributed by atoms with Crippen molar-refractivity contribution in [2.45, 2.75) is 25.0 Å². The van der Waals surface area contributed by atoms with E-state index < -0.39 is 5.76 Å². The van der Waals surface area contributed by atoms with Gasteiger partial charge in [0.05, 0.1) is 12.3 Å². The molecule has 0 aliphatic heterocycles. The van der Waals surface area contributed by atoms with Gasteiger partial charge in [0.2, 0.25) is 0 Å². The lowest BCUT2D eigenvalue weighted by atomic mass is 10.2. The predicted molar refractivity (Wildman–Crippen MR) is 64.0 cm³/mol. The Hall–Kier alpha value is -0.590. The molecular weight excluding hydrogens is 248 g/mol. The first kappa shape index (κ1) is 14.5. The van der Waals surface area contributed by atoms with Crippen LogP contribution in [0.15, 0.2) is 16.5 Å². The van der Waals surface area contributed by atoms with Crippen LogP contribution in [0.2, 0.25) is 0 Å². The molecule has 2 N–H and O–H groups in total. The van der Waals surface area contributed by atoms with Gasteiger partial charge in [-0.3, -0.25) is 0 Å². The highest BCUT2D eigenvalue weighted by molar-refractivity contribution is 7.98. The highest BCUT2D eigenvalue weighted by atomic mass is 32.2. The van der Waals surface area contributed by atoms with Crippen molar-refractivity contribution in [1.29, 1.82) is 0 Å². The standard InChI is InChI=1S/C11H17F2NO2S/c1-8(6-15)4-14-5-9-2-3-10(16-9)7-17-11(12)13/h2-3,8,11,14-15H,4-7H2,1H3. The van der Waals surface area contributed by atoms with Crippen LogP contribution in [-0.4, -0.2) is 24.0 Å². The summed E-state index contributed by atoms with van der Waals surface area (Å²) in [7, 11) is 0. The molecule has 0 fully saturated rings. The zero-order chi connectivity index (χ0) is 12.7. The largest absolute Gasteiger partial charge is 0.464 e. The Morgan fingerprint density at radius 2 is 2.12 bits per heavy atom. The molecule has 98 valence electrons. The summed E-state index contributed by atoms with van der Waals surface area (Å²) in [4.78, 5) is 0. The average Bonchev–Trinajstić information content (AvgIpc) is 2.74. The van der Waals surface area contributed by atoms with Crippen molar-refractivity contribution in [3.63, 3.8) is 0 Å². The summed E-state index contributed by atoms with van der Waals surface area (Å²) in [5.41, 5.74) is 0. The van der Waals surface area contributed by atoms with Gasteiger partial charge in [-0.25, -0.2) is 0 Å². The van der Waals surface area contributed by atoms with Crippen molar-refractivity contribution in [3.05, 3.63) is 23.7 Å². The zero-order valence-corrected chi connectivity index (χ0v) is 10.5. The second kappa shape index (κ2) is 7.68. The molecule has 0 aliphatic carbocycles. The number of nitrogens with one attached hydrogen (secondary N) is 1. The van der Waals surface area contributed by atoms with Gasteiger partial charge in [-0.15, -0.1) is 0 Å². The van der Waals surface area contributed by atoms with Gasteiger partial charge in [0.15, 0.2) is 0 Å². The van der Waals surface area contributed by atoms with Gasteiger partial charge in [0.1, 0.15) is 11.5 Å². The van der Waals surface area contributed by atoms with Crippen LogP contribution in [0.1, 0.15) is 18.4 Å². The van der Waals surface area contributed by atoms with E-state index in [9.17, 15) is 8.78 Å². The zero-order valence-electron chi connectivity index (χ0n) is 9.66. The number of rotatable bonds is 8. The van der Waals surface area contributed by atoms with E-state index in [1.807, 2.05) is 6.92 Å². The number of alkyl halides is 2. The average molecular weight is 265 g/mol. The van der Waals surface area contributed by atoms with Crippen molar-refractivity contribution in [2.24, 2.45) is 5.92 Å². The minimum Gasteiger partial charge on any atom is -0.464 e. The molecule has 0 saturated heterocycles. The van der Waals surface area contributed by atoms with Crippen LogP contribution >= 0.6 is 11.8 Å². The van der Waals surface area contributed by atoms with Gasteiger partial charge >= 0.3 is 0 Å². The molecule has 0 spiro atoms. The predicted octanol–water partition coefficient (Wildman–Crippen LogP) is 2.45. The second-order valence-corrected chi connectivity index (χ2v) is 4.84. The summed E-state index contributed by atoms with van der Waals surface area (Å²) in [6, 6.07) is 3.49. The quantitative estimate of drug-likeness (QED) is 0.758. The molecule has 6 heteroatoms. The SMILES string of the molecule is CC(CO)CNCc1ccc(CSC(F)F)o1. The minimum atomic E-state index is -2.37. The van der Waals surface area contributed by atoms with Crippen molar-refractivity contribution in [3.8, 4) is 0 Å². The molecule has 1 heterocycles. The van der Waals surface area contributed by atoms with E-state index >= 15 is 0 Å². The third kappa shape index (κ3) is 6.05. The lowest BCUT2D eigenvalue weighted by molar-refractivity contribution is 0.232. The van der Waals surface area contributed by atoms with Gasteiger partial charge < -0.3 is 14.8 Å². The Morgan fingerprint density at radius 3 is 2.76 bits per heavy atom. The summed E-state index contributed by atoms with van der Waals surface area (Å²) < 4.78 is 29.3. The highest BCUT2D eigenvalue weighted by Gasteiger charge is 2.07. The lowest BCUT2D eigenvalue weighted by Crippen LogP contribution is -2.22. The smallest absolute Gasteiger partial charge is 0.284 e. The fourth-order valence-corrected chi connectivity index (χ4v) is 1.69. The third-order valence-electron chi connectivity index (χ3n) is 2.17. The fraction of sp³-hybridized carbons (Fsp3) is 0.636. The number of aliphatic hydroxyl groups is 1. The molecule has 0 aromatic carbocycles. The molecule has 1 atom stereocenters. The van der Waals surface area contributed by atoms with E-state index in [1.54, 1.807) is 12.1 Å². The van der Waals surface area contributed by atoms with Crippen LogP contribution in [0, 0.1) is 5.92 Å². The maximum atomic E-state index is 11.9. The lowest BCUT2D eigenvalue weighted by Gasteiger charge is -2.07. The molecule has 1 rings (SSSR count). The van der Waals surface area contributed by atoms with E-state index in [2.05, 4.69) is 5.32 Å². The Kier molecular flexibility index (Phi) is 6.54. The fourth-order valence-electron chi connectivity index (χ4n) is 1.25. The summed E-state index contributed by atoms with van der Waals surface area (Å²) >= 11 is 0.549. The van der Waals surface area contributed by atoms with E-state index in [0.717, 1.165) is 5.76 Å². The molecule has 0 bridgehead atoms. The van der Waals surface area contributed by atoms with Gasteiger partial charge in [-0.2, -0.15) is 8.78 Å². The van der Waals surface area contributed by atoms with Crippen LogP contribution in [0.5, 0.6) is 0 Å². The molecule has 0 radical (unpaired) electrons. The maximum Gasteiger partial charge on any atom is 0.284 e. The Labute approximate surface area is 104 Å². The molecule has 0 aliphatic rings. The molecule has 3 nitrogen and oxygen atoms in total. The van der Waals surface area contributed by atoms with Crippen LogP contribution in [0.4, 0.5) is 8.78 Å². The van der Waals surface area contributed by atoms with Crippen LogP contribution in [0.3, 0.4) is 0 Å². The van der Waals surface area contributed by atoms with E-state index in [1.165, 1.54) is 0 Å². The Morgan fingerprint density at radius 1 is 1.41 bits per heavy atom. The van der Waals surface area contributed by atoms with Crippen LogP contribution in [0.25, 0.3) is 0 Å². The first-order chi connectivity index (χ1) is 8.11. The number of hydrogen-bond donors (Lipinski definition) is 2. The minimum absolute atomic E-state index is 0.140. The summed E-state index contributed by atoms with van der Waals surface area (Å²) in [5.74, 6) is -0.710. The molecule has 0 amide bonds. The number of hydrogen-bond acceptors (Lipinski definition) is 4. The van der Waals surface area contributed by atoms with Crippen LogP contribution < -0.4 is 5.32 Å². The Balaban J connectivity index is 2.25.